The molecule has 0 aliphatic rings. The molecule has 0 spiro atoms. The summed E-state index contributed by atoms with van der Waals surface area (Å²) in [4.78, 5) is 12.3. The second-order valence-electron chi connectivity index (χ2n) is 5.46. The topological polar surface area (TPSA) is 64.4 Å². The molecule has 1 heterocycles. The minimum atomic E-state index is -0.750. The number of nitrogens with zero attached hydrogens (tertiary/aromatic N) is 1. The molecule has 2 aromatic carbocycles. The van der Waals surface area contributed by atoms with Crippen molar-refractivity contribution in [1.82, 2.24) is 5.16 Å². The minimum Gasteiger partial charge on any atom is -0.465 e. The lowest BCUT2D eigenvalue weighted by atomic mass is 10.1. The molecule has 144 valence electrons. The first-order chi connectivity index (χ1) is 13.4. The van der Waals surface area contributed by atoms with Crippen molar-refractivity contribution in [3.63, 3.8) is 0 Å². The highest BCUT2D eigenvalue weighted by Crippen LogP contribution is 2.34. The van der Waals surface area contributed by atoms with E-state index in [2.05, 4.69) is 10.5 Å². The minimum absolute atomic E-state index is 0.0540. The summed E-state index contributed by atoms with van der Waals surface area (Å²) in [5.74, 6) is -1.34. The van der Waals surface area contributed by atoms with Crippen LogP contribution in [0.3, 0.4) is 0 Å². The van der Waals surface area contributed by atoms with E-state index in [0.29, 0.717) is 15.7 Å². The summed E-state index contributed by atoms with van der Waals surface area (Å²) in [6, 6.07) is 9.05. The molecule has 9 heteroatoms. The molecule has 0 aliphatic heterocycles. The van der Waals surface area contributed by atoms with Crippen LogP contribution in [0.25, 0.3) is 17.3 Å². The van der Waals surface area contributed by atoms with Crippen molar-refractivity contribution < 1.29 is 18.4 Å². The zero-order valence-electron chi connectivity index (χ0n) is 14.3. The van der Waals surface area contributed by atoms with Gasteiger partial charge in [0.15, 0.2) is 5.76 Å². The van der Waals surface area contributed by atoms with Crippen LogP contribution in [0.15, 0.2) is 47.1 Å². The summed E-state index contributed by atoms with van der Waals surface area (Å²) in [5, 5.41) is 7.72. The quantitative estimate of drug-likeness (QED) is 0.470. The number of methoxy groups -OCH3 is 1. The number of nitrogens with one attached hydrogen (secondary N) is 1. The third-order valence-corrected chi connectivity index (χ3v) is 4.58. The summed E-state index contributed by atoms with van der Waals surface area (Å²) in [6.07, 6.45) is 2.91. The van der Waals surface area contributed by atoms with Gasteiger partial charge in [-0.2, -0.15) is 0 Å². The molecule has 0 aliphatic carbocycles. The van der Waals surface area contributed by atoms with Crippen LogP contribution in [-0.2, 0) is 4.74 Å². The Bertz CT molecular complexity index is 1050. The fourth-order valence-electron chi connectivity index (χ4n) is 2.42. The van der Waals surface area contributed by atoms with E-state index >= 15 is 0 Å². The Morgan fingerprint density at radius 2 is 2.00 bits per heavy atom. The lowest BCUT2D eigenvalue weighted by Crippen LogP contribution is -2.04. The van der Waals surface area contributed by atoms with Gasteiger partial charge in [-0.15, -0.1) is 0 Å². The third-order valence-electron chi connectivity index (χ3n) is 3.71. The number of aromatic nitrogens is 1. The van der Waals surface area contributed by atoms with E-state index < -0.39 is 11.8 Å². The molecule has 0 saturated heterocycles. The molecule has 0 bridgehead atoms. The molecule has 1 N–H and O–H groups in total. The van der Waals surface area contributed by atoms with Gasteiger partial charge in [-0.1, -0.05) is 46.0 Å². The number of anilines is 1. The number of esters is 1. The van der Waals surface area contributed by atoms with Gasteiger partial charge in [0.2, 0.25) is 0 Å². The first kappa shape index (κ1) is 20.2. The maximum Gasteiger partial charge on any atom is 0.344 e. The number of carbonyl (C=O) groups is 1. The van der Waals surface area contributed by atoms with Crippen LogP contribution in [0.2, 0.25) is 15.1 Å². The standard InChI is InChI=1S/C19H12Cl3FN2O3/c1-27-19(26)17-15(7-8-24-14-6-5-10(20)9-12(14)22)28-25-18(17)16-11(21)3-2-4-13(16)23/h2-9,24H,1H3/b8-7+. The van der Waals surface area contributed by atoms with Crippen LogP contribution >= 0.6 is 34.8 Å². The first-order valence-electron chi connectivity index (χ1n) is 7.83. The van der Waals surface area contributed by atoms with Crippen LogP contribution < -0.4 is 5.32 Å². The molecule has 1 aromatic heterocycles. The van der Waals surface area contributed by atoms with Gasteiger partial charge < -0.3 is 14.6 Å². The monoisotopic (exact) mass is 440 g/mol. The van der Waals surface area contributed by atoms with Gasteiger partial charge in [-0.25, -0.2) is 9.18 Å². The van der Waals surface area contributed by atoms with Gasteiger partial charge >= 0.3 is 5.97 Å². The molecule has 0 unspecified atom stereocenters. The number of hydrogen-bond donors (Lipinski definition) is 1. The predicted molar refractivity (Wildman–Crippen MR) is 107 cm³/mol. The van der Waals surface area contributed by atoms with Gasteiger partial charge in [-0.05, 0) is 30.3 Å². The van der Waals surface area contributed by atoms with Gasteiger partial charge in [0.1, 0.15) is 17.1 Å². The Balaban J connectivity index is 1.98. The molecular formula is C19H12Cl3FN2O3. The highest BCUT2D eigenvalue weighted by atomic mass is 35.5. The largest absolute Gasteiger partial charge is 0.465 e. The maximum atomic E-state index is 14.3. The van der Waals surface area contributed by atoms with Crippen molar-refractivity contribution in [2.75, 3.05) is 12.4 Å². The second-order valence-corrected chi connectivity index (χ2v) is 6.71. The average molecular weight is 442 g/mol. The molecule has 0 fully saturated rings. The van der Waals surface area contributed by atoms with Crippen molar-refractivity contribution in [3.8, 4) is 11.3 Å². The molecule has 0 atom stereocenters. The highest BCUT2D eigenvalue weighted by molar-refractivity contribution is 6.36. The summed E-state index contributed by atoms with van der Waals surface area (Å²) in [7, 11) is 1.20. The zero-order valence-corrected chi connectivity index (χ0v) is 16.6. The van der Waals surface area contributed by atoms with Crippen molar-refractivity contribution in [2.45, 2.75) is 0 Å². The predicted octanol–water partition coefficient (Wildman–Crippen LogP) is 6.31. The van der Waals surface area contributed by atoms with Crippen molar-refractivity contribution in [2.24, 2.45) is 0 Å². The van der Waals surface area contributed by atoms with Crippen LogP contribution in [0.5, 0.6) is 0 Å². The van der Waals surface area contributed by atoms with E-state index in [1.807, 2.05) is 0 Å². The van der Waals surface area contributed by atoms with E-state index in [4.69, 9.17) is 44.1 Å². The van der Waals surface area contributed by atoms with E-state index in [1.165, 1.54) is 37.6 Å². The Hall–Kier alpha value is -2.54. The molecule has 5 nitrogen and oxygen atoms in total. The van der Waals surface area contributed by atoms with E-state index in [9.17, 15) is 9.18 Å². The molecule has 3 rings (SSSR count). The molecule has 0 saturated carbocycles. The maximum absolute atomic E-state index is 14.3. The van der Waals surface area contributed by atoms with E-state index in [0.717, 1.165) is 0 Å². The fraction of sp³-hybridized carbons (Fsp3) is 0.0526. The van der Waals surface area contributed by atoms with Crippen molar-refractivity contribution >= 4 is 52.5 Å². The second kappa shape index (κ2) is 8.65. The highest BCUT2D eigenvalue weighted by Gasteiger charge is 2.26. The number of ether oxygens (including phenoxy) is 1. The smallest absolute Gasteiger partial charge is 0.344 e. The Morgan fingerprint density at radius 3 is 2.68 bits per heavy atom. The summed E-state index contributed by atoms with van der Waals surface area (Å²) in [6.45, 7) is 0. The van der Waals surface area contributed by atoms with Crippen molar-refractivity contribution in [3.05, 3.63) is 74.8 Å². The number of benzene rings is 2. The Kier molecular flexibility index (Phi) is 6.24. The zero-order chi connectivity index (χ0) is 20.3. The number of halogens is 4. The molecule has 28 heavy (non-hydrogen) atoms. The average Bonchev–Trinajstić information content (AvgIpc) is 3.06. The number of hydrogen-bond acceptors (Lipinski definition) is 5. The normalized spacial score (nSPS) is 11.0. The van der Waals surface area contributed by atoms with Gasteiger partial charge in [0.05, 0.1) is 28.4 Å². The molecule has 0 radical (unpaired) electrons. The third kappa shape index (κ3) is 4.14. The number of rotatable bonds is 5. The molecule has 3 aromatic rings. The lowest BCUT2D eigenvalue weighted by Gasteiger charge is -2.05. The Labute approximate surface area is 174 Å². The number of carbonyl (C=O) groups excluding carboxylic acids is 1. The fourth-order valence-corrected chi connectivity index (χ4v) is 3.14. The van der Waals surface area contributed by atoms with Crippen LogP contribution in [0.1, 0.15) is 16.1 Å². The SMILES string of the molecule is COC(=O)c1c(-c2c(F)cccc2Cl)noc1/C=C/Nc1ccc(Cl)cc1Cl. The Morgan fingerprint density at radius 1 is 1.21 bits per heavy atom. The molecular weight excluding hydrogens is 430 g/mol. The van der Waals surface area contributed by atoms with Gasteiger partial charge in [-0.3, -0.25) is 0 Å². The van der Waals surface area contributed by atoms with Crippen LogP contribution in [0.4, 0.5) is 10.1 Å². The van der Waals surface area contributed by atoms with E-state index in [-0.39, 0.29) is 27.6 Å². The van der Waals surface area contributed by atoms with Gasteiger partial charge in [0.25, 0.3) is 0 Å². The van der Waals surface area contributed by atoms with Gasteiger partial charge in [0, 0.05) is 17.3 Å². The van der Waals surface area contributed by atoms with E-state index in [1.54, 1.807) is 18.2 Å². The molecule has 0 amide bonds. The summed E-state index contributed by atoms with van der Waals surface area (Å²) >= 11 is 18.0. The van der Waals surface area contributed by atoms with Crippen LogP contribution in [0, 0.1) is 5.82 Å². The lowest BCUT2D eigenvalue weighted by molar-refractivity contribution is 0.0600. The summed E-state index contributed by atoms with van der Waals surface area (Å²) < 4.78 is 24.3. The van der Waals surface area contributed by atoms with Crippen molar-refractivity contribution in [1.29, 1.82) is 0 Å². The first-order valence-corrected chi connectivity index (χ1v) is 8.96. The summed E-state index contributed by atoms with van der Waals surface area (Å²) in [5.41, 5.74) is 0.411. The van der Waals surface area contributed by atoms with Crippen LogP contribution in [-0.4, -0.2) is 18.2 Å².